The number of anilines is 1. The van der Waals surface area contributed by atoms with E-state index in [-0.39, 0.29) is 11.9 Å². The molecule has 2 aliphatic rings. The summed E-state index contributed by atoms with van der Waals surface area (Å²) in [5.41, 5.74) is 1.40. The first-order valence-electron chi connectivity index (χ1n) is 6.40. The van der Waals surface area contributed by atoms with E-state index in [2.05, 4.69) is 20.5 Å². The number of aryl methyl sites for hydroxylation is 1. The maximum absolute atomic E-state index is 11.8. The van der Waals surface area contributed by atoms with Crippen molar-refractivity contribution in [1.29, 1.82) is 0 Å². The second-order valence-electron chi connectivity index (χ2n) is 5.13. The molecule has 100 valence electrons. The standard InChI is InChI=1S/C13H16N4O2/c1-9-8-10(2-5-14-9)17-6-3-13(4-7-17)11(18)15-12(19)16-13/h2,5,8H,3-4,6-7H2,1H3,(H2,15,16,18,19). The second-order valence-corrected chi connectivity index (χ2v) is 5.13. The summed E-state index contributed by atoms with van der Waals surface area (Å²) < 4.78 is 0. The Bertz CT molecular complexity index is 535. The Labute approximate surface area is 111 Å². The Morgan fingerprint density at radius 3 is 2.63 bits per heavy atom. The summed E-state index contributed by atoms with van der Waals surface area (Å²) in [4.78, 5) is 29.5. The van der Waals surface area contributed by atoms with Gasteiger partial charge < -0.3 is 10.2 Å². The number of nitrogens with zero attached hydrogens (tertiary/aromatic N) is 2. The summed E-state index contributed by atoms with van der Waals surface area (Å²) in [6, 6.07) is 3.63. The zero-order valence-electron chi connectivity index (χ0n) is 10.8. The Hall–Kier alpha value is -2.11. The lowest BCUT2D eigenvalue weighted by Crippen LogP contribution is -2.54. The van der Waals surface area contributed by atoms with Gasteiger partial charge in [-0.3, -0.25) is 15.1 Å². The zero-order chi connectivity index (χ0) is 13.5. The SMILES string of the molecule is Cc1cc(N2CCC3(CC2)NC(=O)NC3=O)ccn1. The number of amides is 3. The van der Waals surface area contributed by atoms with Crippen molar-refractivity contribution in [3.8, 4) is 0 Å². The van der Waals surface area contributed by atoms with Crippen LogP contribution in [0.2, 0.25) is 0 Å². The Balaban J connectivity index is 1.73. The van der Waals surface area contributed by atoms with Crippen LogP contribution in [-0.2, 0) is 4.79 Å². The summed E-state index contributed by atoms with van der Waals surface area (Å²) in [5, 5.41) is 5.09. The van der Waals surface area contributed by atoms with Crippen molar-refractivity contribution in [3.05, 3.63) is 24.0 Å². The number of carbonyl (C=O) groups is 2. The molecule has 6 heteroatoms. The van der Waals surface area contributed by atoms with Crippen LogP contribution in [0, 0.1) is 6.92 Å². The largest absolute Gasteiger partial charge is 0.371 e. The van der Waals surface area contributed by atoms with Crippen molar-refractivity contribution in [1.82, 2.24) is 15.6 Å². The number of hydrogen-bond donors (Lipinski definition) is 2. The minimum absolute atomic E-state index is 0.192. The third-order valence-electron chi connectivity index (χ3n) is 3.88. The lowest BCUT2D eigenvalue weighted by atomic mass is 9.87. The summed E-state index contributed by atoms with van der Waals surface area (Å²) in [6.45, 7) is 3.45. The number of hydrogen-bond acceptors (Lipinski definition) is 4. The molecule has 0 aliphatic carbocycles. The first-order chi connectivity index (χ1) is 9.09. The third-order valence-corrected chi connectivity index (χ3v) is 3.88. The first-order valence-corrected chi connectivity index (χ1v) is 6.40. The Kier molecular flexibility index (Phi) is 2.66. The van der Waals surface area contributed by atoms with Crippen LogP contribution in [0.15, 0.2) is 18.3 Å². The van der Waals surface area contributed by atoms with Crippen molar-refractivity contribution in [2.75, 3.05) is 18.0 Å². The second kappa shape index (κ2) is 4.22. The van der Waals surface area contributed by atoms with Gasteiger partial charge in [0.25, 0.3) is 5.91 Å². The van der Waals surface area contributed by atoms with Crippen LogP contribution in [-0.4, -0.2) is 35.6 Å². The number of aromatic nitrogens is 1. The first kappa shape index (κ1) is 12.0. The minimum Gasteiger partial charge on any atom is -0.371 e. The van der Waals surface area contributed by atoms with Crippen LogP contribution in [0.3, 0.4) is 0 Å². The Morgan fingerprint density at radius 1 is 1.32 bits per heavy atom. The van der Waals surface area contributed by atoms with Gasteiger partial charge in [-0.25, -0.2) is 4.79 Å². The van der Waals surface area contributed by atoms with Crippen LogP contribution in [0.5, 0.6) is 0 Å². The van der Waals surface area contributed by atoms with Crippen molar-refractivity contribution >= 4 is 17.6 Å². The molecule has 0 atom stereocenters. The molecule has 2 aliphatic heterocycles. The van der Waals surface area contributed by atoms with E-state index in [1.807, 2.05) is 19.1 Å². The average Bonchev–Trinajstić information content (AvgIpc) is 2.65. The highest BCUT2D eigenvalue weighted by atomic mass is 16.2. The fourth-order valence-corrected chi connectivity index (χ4v) is 2.75. The van der Waals surface area contributed by atoms with E-state index < -0.39 is 5.54 Å². The highest BCUT2D eigenvalue weighted by Crippen LogP contribution is 2.28. The van der Waals surface area contributed by atoms with Gasteiger partial charge in [0.15, 0.2) is 0 Å². The van der Waals surface area contributed by atoms with Crippen molar-refractivity contribution in [2.45, 2.75) is 25.3 Å². The smallest absolute Gasteiger partial charge is 0.322 e. The number of rotatable bonds is 1. The van der Waals surface area contributed by atoms with E-state index in [4.69, 9.17) is 0 Å². The molecule has 0 radical (unpaired) electrons. The molecule has 1 spiro atoms. The van der Waals surface area contributed by atoms with Gasteiger partial charge in [0.2, 0.25) is 0 Å². The maximum Gasteiger partial charge on any atom is 0.322 e. The lowest BCUT2D eigenvalue weighted by molar-refractivity contribution is -0.124. The van der Waals surface area contributed by atoms with Gasteiger partial charge >= 0.3 is 6.03 Å². The molecule has 3 amide bonds. The van der Waals surface area contributed by atoms with E-state index in [0.29, 0.717) is 12.8 Å². The van der Waals surface area contributed by atoms with E-state index in [1.54, 1.807) is 6.20 Å². The molecule has 2 N–H and O–H groups in total. The van der Waals surface area contributed by atoms with Gasteiger partial charge in [-0.2, -0.15) is 0 Å². The molecule has 3 rings (SSSR count). The molecule has 0 aromatic carbocycles. The number of urea groups is 1. The molecular weight excluding hydrogens is 244 g/mol. The van der Waals surface area contributed by atoms with Crippen molar-refractivity contribution < 1.29 is 9.59 Å². The van der Waals surface area contributed by atoms with Crippen LogP contribution in [0.4, 0.5) is 10.5 Å². The average molecular weight is 260 g/mol. The molecule has 19 heavy (non-hydrogen) atoms. The van der Waals surface area contributed by atoms with Crippen molar-refractivity contribution in [2.24, 2.45) is 0 Å². The summed E-state index contributed by atoms with van der Waals surface area (Å²) in [7, 11) is 0. The van der Waals surface area contributed by atoms with Gasteiger partial charge in [-0.15, -0.1) is 0 Å². The quantitative estimate of drug-likeness (QED) is 0.724. The molecule has 6 nitrogen and oxygen atoms in total. The number of pyridine rings is 1. The molecule has 1 aromatic heterocycles. The van der Waals surface area contributed by atoms with Crippen LogP contribution < -0.4 is 15.5 Å². The summed E-state index contributed by atoms with van der Waals surface area (Å²) in [5.74, 6) is -0.192. The van der Waals surface area contributed by atoms with Gasteiger partial charge in [0, 0.05) is 30.7 Å². The Morgan fingerprint density at radius 2 is 2.05 bits per heavy atom. The topological polar surface area (TPSA) is 74.3 Å². The number of nitrogens with one attached hydrogen (secondary N) is 2. The monoisotopic (exact) mass is 260 g/mol. The molecule has 1 aromatic rings. The minimum atomic E-state index is -0.699. The summed E-state index contributed by atoms with van der Waals surface area (Å²) in [6.07, 6.45) is 3.05. The fourth-order valence-electron chi connectivity index (χ4n) is 2.75. The fraction of sp³-hybridized carbons (Fsp3) is 0.462. The predicted molar refractivity (Wildman–Crippen MR) is 69.8 cm³/mol. The molecule has 0 bridgehead atoms. The maximum atomic E-state index is 11.8. The predicted octanol–water partition coefficient (Wildman–Crippen LogP) is 0.568. The van der Waals surface area contributed by atoms with Crippen LogP contribution >= 0.6 is 0 Å². The molecular formula is C13H16N4O2. The van der Waals surface area contributed by atoms with Gasteiger partial charge in [0.05, 0.1) is 0 Å². The molecule has 0 unspecified atom stereocenters. The molecule has 2 fully saturated rings. The van der Waals surface area contributed by atoms with Crippen LogP contribution in [0.1, 0.15) is 18.5 Å². The molecule has 2 saturated heterocycles. The van der Waals surface area contributed by atoms with E-state index in [1.165, 1.54) is 0 Å². The van der Waals surface area contributed by atoms with Gasteiger partial charge in [0.1, 0.15) is 5.54 Å². The normalized spacial score (nSPS) is 21.4. The van der Waals surface area contributed by atoms with E-state index in [9.17, 15) is 9.59 Å². The number of imide groups is 1. The number of carbonyl (C=O) groups excluding carboxylic acids is 2. The van der Waals surface area contributed by atoms with Crippen LogP contribution in [0.25, 0.3) is 0 Å². The third kappa shape index (κ3) is 2.03. The van der Waals surface area contributed by atoms with E-state index in [0.717, 1.165) is 24.5 Å². The highest BCUT2D eigenvalue weighted by molar-refractivity contribution is 6.07. The van der Waals surface area contributed by atoms with E-state index >= 15 is 0 Å². The van der Waals surface area contributed by atoms with Gasteiger partial charge in [-0.1, -0.05) is 0 Å². The summed E-state index contributed by atoms with van der Waals surface area (Å²) >= 11 is 0. The lowest BCUT2D eigenvalue weighted by Gasteiger charge is -2.38. The molecule has 3 heterocycles. The number of piperidine rings is 1. The van der Waals surface area contributed by atoms with Crippen molar-refractivity contribution in [3.63, 3.8) is 0 Å². The van der Waals surface area contributed by atoms with Gasteiger partial charge in [-0.05, 0) is 31.9 Å². The zero-order valence-corrected chi connectivity index (χ0v) is 10.8. The highest BCUT2D eigenvalue weighted by Gasteiger charge is 2.47. The molecule has 0 saturated carbocycles.